The van der Waals surface area contributed by atoms with E-state index in [1.54, 1.807) is 24.3 Å². The van der Waals surface area contributed by atoms with Gasteiger partial charge >= 0.3 is 0 Å². The maximum absolute atomic E-state index is 12.1. The second-order valence-corrected chi connectivity index (χ2v) is 4.94. The van der Waals surface area contributed by atoms with Gasteiger partial charge < -0.3 is 16.4 Å². The van der Waals surface area contributed by atoms with Gasteiger partial charge in [0.2, 0.25) is 5.91 Å². The van der Waals surface area contributed by atoms with E-state index in [1.807, 2.05) is 31.2 Å². The van der Waals surface area contributed by atoms with Crippen LogP contribution in [0.25, 0.3) is 0 Å². The second kappa shape index (κ2) is 7.38. The quantitative estimate of drug-likeness (QED) is 0.793. The van der Waals surface area contributed by atoms with Crippen molar-refractivity contribution in [2.45, 2.75) is 13.3 Å². The van der Waals surface area contributed by atoms with E-state index in [0.29, 0.717) is 23.5 Å². The maximum atomic E-state index is 12.1. The van der Waals surface area contributed by atoms with Crippen molar-refractivity contribution in [3.8, 4) is 0 Å². The SMILES string of the molecule is Cc1ccc(NC(=O)c2ccccc2)cc1NC(=O)CCN. The van der Waals surface area contributed by atoms with Gasteiger partial charge in [-0.3, -0.25) is 9.59 Å². The smallest absolute Gasteiger partial charge is 0.255 e. The molecule has 4 N–H and O–H groups in total. The molecule has 0 aromatic heterocycles. The normalized spacial score (nSPS) is 10.1. The van der Waals surface area contributed by atoms with Gasteiger partial charge in [0.25, 0.3) is 5.91 Å². The molecule has 2 amide bonds. The first-order chi connectivity index (χ1) is 10.6. The molecule has 5 nitrogen and oxygen atoms in total. The largest absolute Gasteiger partial charge is 0.330 e. The van der Waals surface area contributed by atoms with Crippen molar-refractivity contribution in [2.75, 3.05) is 17.2 Å². The summed E-state index contributed by atoms with van der Waals surface area (Å²) in [5.74, 6) is -0.333. The fourth-order valence-corrected chi connectivity index (χ4v) is 1.97. The first-order valence-corrected chi connectivity index (χ1v) is 7.07. The number of nitrogens with one attached hydrogen (secondary N) is 2. The highest BCUT2D eigenvalue weighted by Gasteiger charge is 2.08. The Kier molecular flexibility index (Phi) is 5.27. The van der Waals surface area contributed by atoms with Crippen molar-refractivity contribution in [3.05, 3.63) is 59.7 Å². The lowest BCUT2D eigenvalue weighted by Crippen LogP contribution is -2.17. The van der Waals surface area contributed by atoms with Crippen molar-refractivity contribution in [1.82, 2.24) is 0 Å². The van der Waals surface area contributed by atoms with E-state index < -0.39 is 0 Å². The molecule has 0 unspecified atom stereocenters. The summed E-state index contributed by atoms with van der Waals surface area (Å²) in [7, 11) is 0. The lowest BCUT2D eigenvalue weighted by atomic mass is 10.1. The lowest BCUT2D eigenvalue weighted by molar-refractivity contribution is -0.116. The first-order valence-electron chi connectivity index (χ1n) is 7.07. The van der Waals surface area contributed by atoms with Crippen LogP contribution in [0.5, 0.6) is 0 Å². The van der Waals surface area contributed by atoms with E-state index in [2.05, 4.69) is 10.6 Å². The van der Waals surface area contributed by atoms with E-state index in [1.165, 1.54) is 0 Å². The summed E-state index contributed by atoms with van der Waals surface area (Å²) < 4.78 is 0. The number of anilines is 2. The Morgan fingerprint density at radius 3 is 2.45 bits per heavy atom. The van der Waals surface area contributed by atoms with Gasteiger partial charge in [-0.05, 0) is 36.8 Å². The highest BCUT2D eigenvalue weighted by molar-refractivity contribution is 6.04. The number of benzene rings is 2. The summed E-state index contributed by atoms with van der Waals surface area (Å²) in [6.45, 7) is 2.19. The molecular weight excluding hydrogens is 278 g/mol. The minimum atomic E-state index is -0.191. The number of amides is 2. The van der Waals surface area contributed by atoms with E-state index in [9.17, 15) is 9.59 Å². The lowest BCUT2D eigenvalue weighted by Gasteiger charge is -2.11. The van der Waals surface area contributed by atoms with Gasteiger partial charge in [0, 0.05) is 29.9 Å². The summed E-state index contributed by atoms with van der Waals surface area (Å²) in [6.07, 6.45) is 0.264. The zero-order chi connectivity index (χ0) is 15.9. The molecule has 0 radical (unpaired) electrons. The van der Waals surface area contributed by atoms with Gasteiger partial charge in [0.15, 0.2) is 0 Å². The van der Waals surface area contributed by atoms with Crippen LogP contribution in [0.4, 0.5) is 11.4 Å². The summed E-state index contributed by atoms with van der Waals surface area (Å²) in [6, 6.07) is 14.3. The van der Waals surface area contributed by atoms with Gasteiger partial charge in [-0.15, -0.1) is 0 Å². The standard InChI is InChI=1S/C17H19N3O2/c1-12-7-8-14(11-15(12)20-16(21)9-10-18)19-17(22)13-5-3-2-4-6-13/h2-8,11H,9-10,18H2,1H3,(H,19,22)(H,20,21). The van der Waals surface area contributed by atoms with Gasteiger partial charge in [-0.25, -0.2) is 0 Å². The van der Waals surface area contributed by atoms with E-state index >= 15 is 0 Å². The average Bonchev–Trinajstić information content (AvgIpc) is 2.51. The first kappa shape index (κ1) is 15.7. The molecule has 2 aromatic carbocycles. The number of nitrogens with two attached hydrogens (primary N) is 1. The topological polar surface area (TPSA) is 84.2 Å². The molecule has 2 aromatic rings. The van der Waals surface area contributed by atoms with Gasteiger partial charge in [0.05, 0.1) is 0 Å². The van der Waals surface area contributed by atoms with E-state index in [0.717, 1.165) is 5.56 Å². The Morgan fingerprint density at radius 2 is 1.77 bits per heavy atom. The molecule has 2 rings (SSSR count). The van der Waals surface area contributed by atoms with Crippen LogP contribution in [0.1, 0.15) is 22.3 Å². The van der Waals surface area contributed by atoms with Crippen LogP contribution in [0.2, 0.25) is 0 Å². The zero-order valence-electron chi connectivity index (χ0n) is 12.4. The Labute approximate surface area is 129 Å². The number of hydrogen-bond acceptors (Lipinski definition) is 3. The van der Waals surface area contributed by atoms with Crippen LogP contribution in [-0.2, 0) is 4.79 Å². The van der Waals surface area contributed by atoms with Crippen LogP contribution < -0.4 is 16.4 Å². The van der Waals surface area contributed by atoms with Crippen LogP contribution in [-0.4, -0.2) is 18.4 Å². The molecule has 0 fully saturated rings. The maximum Gasteiger partial charge on any atom is 0.255 e. The highest BCUT2D eigenvalue weighted by Crippen LogP contribution is 2.21. The third-order valence-corrected chi connectivity index (χ3v) is 3.18. The van der Waals surface area contributed by atoms with Crippen LogP contribution in [0, 0.1) is 6.92 Å². The van der Waals surface area contributed by atoms with Crippen molar-refractivity contribution >= 4 is 23.2 Å². The fraction of sp³-hybridized carbons (Fsp3) is 0.176. The average molecular weight is 297 g/mol. The fourth-order valence-electron chi connectivity index (χ4n) is 1.97. The molecule has 0 heterocycles. The molecule has 5 heteroatoms. The molecule has 22 heavy (non-hydrogen) atoms. The van der Waals surface area contributed by atoms with Crippen LogP contribution in [0.3, 0.4) is 0 Å². The second-order valence-electron chi connectivity index (χ2n) is 4.94. The number of carbonyl (C=O) groups is 2. The number of hydrogen-bond donors (Lipinski definition) is 3. The molecule has 0 aliphatic heterocycles. The summed E-state index contributed by atoms with van der Waals surface area (Å²) in [5, 5.41) is 5.61. The Morgan fingerprint density at radius 1 is 1.05 bits per heavy atom. The minimum Gasteiger partial charge on any atom is -0.330 e. The van der Waals surface area contributed by atoms with Crippen molar-refractivity contribution in [1.29, 1.82) is 0 Å². The molecule has 0 atom stereocenters. The molecule has 0 bridgehead atoms. The highest BCUT2D eigenvalue weighted by atomic mass is 16.2. The molecule has 0 aliphatic carbocycles. The van der Waals surface area contributed by atoms with Gasteiger partial charge in [0.1, 0.15) is 0 Å². The molecular formula is C17H19N3O2. The summed E-state index contributed by atoms with van der Waals surface area (Å²) in [4.78, 5) is 23.8. The zero-order valence-corrected chi connectivity index (χ0v) is 12.4. The van der Waals surface area contributed by atoms with Gasteiger partial charge in [-0.1, -0.05) is 24.3 Å². The van der Waals surface area contributed by atoms with E-state index in [4.69, 9.17) is 5.73 Å². The number of rotatable bonds is 5. The van der Waals surface area contributed by atoms with Gasteiger partial charge in [-0.2, -0.15) is 0 Å². The summed E-state index contributed by atoms with van der Waals surface area (Å²) in [5.41, 5.74) is 8.16. The third-order valence-electron chi connectivity index (χ3n) is 3.18. The van der Waals surface area contributed by atoms with Crippen LogP contribution in [0.15, 0.2) is 48.5 Å². The summed E-state index contributed by atoms with van der Waals surface area (Å²) >= 11 is 0. The minimum absolute atomic E-state index is 0.142. The van der Waals surface area contributed by atoms with E-state index in [-0.39, 0.29) is 18.2 Å². The van der Waals surface area contributed by atoms with Crippen molar-refractivity contribution in [2.24, 2.45) is 5.73 Å². The molecule has 0 spiro atoms. The third kappa shape index (κ3) is 4.17. The number of carbonyl (C=O) groups excluding carboxylic acids is 2. The predicted molar refractivity (Wildman–Crippen MR) is 87.9 cm³/mol. The Hall–Kier alpha value is -2.66. The molecule has 114 valence electrons. The van der Waals surface area contributed by atoms with Crippen LogP contribution >= 0.6 is 0 Å². The Bertz CT molecular complexity index is 669. The monoisotopic (exact) mass is 297 g/mol. The Balaban J connectivity index is 2.12. The van der Waals surface area contributed by atoms with Crippen molar-refractivity contribution < 1.29 is 9.59 Å². The predicted octanol–water partition coefficient (Wildman–Crippen LogP) is 2.53. The number of aryl methyl sites for hydroxylation is 1. The molecule has 0 saturated heterocycles. The van der Waals surface area contributed by atoms with Crippen molar-refractivity contribution in [3.63, 3.8) is 0 Å². The molecule has 0 saturated carbocycles. The molecule has 0 aliphatic rings.